The van der Waals surface area contributed by atoms with Crippen molar-refractivity contribution >= 4 is 43.0 Å². The van der Waals surface area contributed by atoms with Crippen molar-refractivity contribution in [3.05, 3.63) is 66.7 Å². The van der Waals surface area contributed by atoms with E-state index in [1.807, 2.05) is 12.1 Å². The van der Waals surface area contributed by atoms with Crippen LogP contribution in [0.1, 0.15) is 0 Å². The molecule has 140 valence electrons. The van der Waals surface area contributed by atoms with Crippen molar-refractivity contribution in [2.75, 3.05) is 0 Å². The molecule has 0 atom stereocenters. The van der Waals surface area contributed by atoms with Crippen molar-refractivity contribution < 1.29 is 23.2 Å². The first kappa shape index (κ1) is 17.9. The van der Waals surface area contributed by atoms with E-state index in [-0.39, 0.29) is 33.6 Å². The van der Waals surface area contributed by atoms with Gasteiger partial charge < -0.3 is 10.2 Å². The van der Waals surface area contributed by atoms with E-state index in [0.717, 1.165) is 11.5 Å². The quantitative estimate of drug-likeness (QED) is 0.331. The average molecular weight is 394 g/mol. The molecule has 4 aromatic carbocycles. The highest BCUT2D eigenvalue weighted by molar-refractivity contribution is 7.86. The Hall–Kier alpha value is -3.49. The first-order chi connectivity index (χ1) is 13.4. The molecule has 0 saturated carbocycles. The van der Waals surface area contributed by atoms with Gasteiger partial charge >= 0.3 is 0 Å². The summed E-state index contributed by atoms with van der Waals surface area (Å²) in [6.45, 7) is 0. The fourth-order valence-corrected chi connectivity index (χ4v) is 3.77. The molecule has 4 rings (SSSR count). The number of azo groups is 1. The van der Waals surface area contributed by atoms with Crippen molar-refractivity contribution in [1.82, 2.24) is 0 Å². The van der Waals surface area contributed by atoms with Gasteiger partial charge in [0.05, 0.1) is 0 Å². The van der Waals surface area contributed by atoms with Crippen LogP contribution < -0.4 is 0 Å². The van der Waals surface area contributed by atoms with Gasteiger partial charge in [0.15, 0.2) is 5.75 Å². The van der Waals surface area contributed by atoms with Crippen LogP contribution in [-0.4, -0.2) is 23.2 Å². The van der Waals surface area contributed by atoms with Gasteiger partial charge in [0.2, 0.25) is 0 Å². The Morgan fingerprint density at radius 3 is 2.11 bits per heavy atom. The van der Waals surface area contributed by atoms with Gasteiger partial charge in [-0.2, -0.15) is 8.42 Å². The van der Waals surface area contributed by atoms with Gasteiger partial charge in [-0.3, -0.25) is 4.55 Å². The van der Waals surface area contributed by atoms with E-state index in [1.165, 1.54) is 18.2 Å². The zero-order valence-corrected chi connectivity index (χ0v) is 15.1. The smallest absolute Gasteiger partial charge is 0.295 e. The summed E-state index contributed by atoms with van der Waals surface area (Å²) < 4.78 is 33.1. The average Bonchev–Trinajstić information content (AvgIpc) is 2.68. The minimum atomic E-state index is -4.56. The molecule has 0 spiro atoms. The van der Waals surface area contributed by atoms with Crippen LogP contribution in [0.3, 0.4) is 0 Å². The fourth-order valence-electron chi connectivity index (χ4n) is 3.05. The second-order valence-corrected chi connectivity index (χ2v) is 7.51. The summed E-state index contributed by atoms with van der Waals surface area (Å²) >= 11 is 0. The molecule has 7 nitrogen and oxygen atoms in total. The minimum Gasteiger partial charge on any atom is -0.506 e. The monoisotopic (exact) mass is 394 g/mol. The maximum absolute atomic E-state index is 11.8. The summed E-state index contributed by atoms with van der Waals surface area (Å²) in [6, 6.07) is 17.7. The highest BCUT2D eigenvalue weighted by Gasteiger charge is 2.19. The van der Waals surface area contributed by atoms with Gasteiger partial charge in [0.25, 0.3) is 10.1 Å². The van der Waals surface area contributed by atoms with Gasteiger partial charge in [-0.15, -0.1) is 10.2 Å². The molecule has 0 fully saturated rings. The van der Waals surface area contributed by atoms with E-state index in [2.05, 4.69) is 10.2 Å². The molecule has 8 heteroatoms. The van der Waals surface area contributed by atoms with Crippen molar-refractivity contribution in [2.45, 2.75) is 4.90 Å². The standard InChI is InChI=1S/C20H14N2O5S/c23-17-10-9-12-5-1-2-6-13(12)19(17)22-21-16-11-18(28(25,26)27)14-7-3-4-8-15(14)20(16)24/h1-11,23-24H,(H,25,26,27). The number of nitrogens with zero attached hydrogens (tertiary/aromatic N) is 2. The molecule has 0 amide bonds. The summed E-state index contributed by atoms with van der Waals surface area (Å²) in [5.74, 6) is -0.399. The Morgan fingerprint density at radius 1 is 0.750 bits per heavy atom. The second-order valence-electron chi connectivity index (χ2n) is 6.12. The zero-order valence-electron chi connectivity index (χ0n) is 14.3. The molecule has 0 bridgehead atoms. The maximum Gasteiger partial charge on any atom is 0.295 e. The molecule has 0 aliphatic carbocycles. The molecule has 4 aromatic rings. The lowest BCUT2D eigenvalue weighted by Gasteiger charge is -2.08. The Balaban J connectivity index is 1.95. The second kappa shape index (κ2) is 6.59. The third-order valence-electron chi connectivity index (χ3n) is 4.37. The summed E-state index contributed by atoms with van der Waals surface area (Å²) in [5, 5.41) is 30.5. The lowest BCUT2D eigenvalue weighted by molar-refractivity contribution is 0.475. The third kappa shape index (κ3) is 3.04. The van der Waals surface area contributed by atoms with Crippen molar-refractivity contribution in [2.24, 2.45) is 10.2 Å². The normalized spacial score (nSPS) is 12.2. The van der Waals surface area contributed by atoms with Crippen molar-refractivity contribution in [3.63, 3.8) is 0 Å². The number of phenolic OH excluding ortho intramolecular Hbond substituents is 2. The Kier molecular flexibility index (Phi) is 4.21. The molecular formula is C20H14N2O5S. The molecule has 3 N–H and O–H groups in total. The number of phenols is 2. The predicted octanol–water partition coefficient (Wildman–Crippen LogP) is 5.07. The maximum atomic E-state index is 11.8. The predicted molar refractivity (Wildman–Crippen MR) is 105 cm³/mol. The topological polar surface area (TPSA) is 120 Å². The van der Waals surface area contributed by atoms with E-state index >= 15 is 0 Å². The summed E-state index contributed by atoms with van der Waals surface area (Å²) in [4.78, 5) is -0.392. The van der Waals surface area contributed by atoms with Gasteiger partial charge in [0.1, 0.15) is 22.0 Å². The highest BCUT2D eigenvalue weighted by Crippen LogP contribution is 2.41. The van der Waals surface area contributed by atoms with Gasteiger partial charge in [-0.25, -0.2) is 0 Å². The lowest BCUT2D eigenvalue weighted by Crippen LogP contribution is -1.99. The molecule has 0 saturated heterocycles. The van der Waals surface area contributed by atoms with Crippen LogP contribution in [0.4, 0.5) is 11.4 Å². The Bertz CT molecular complexity index is 1360. The summed E-state index contributed by atoms with van der Waals surface area (Å²) in [5.41, 5.74) is 0.0257. The number of rotatable bonds is 3. The lowest BCUT2D eigenvalue weighted by atomic mass is 10.1. The molecule has 0 aromatic heterocycles. The zero-order chi connectivity index (χ0) is 19.9. The van der Waals surface area contributed by atoms with E-state index in [1.54, 1.807) is 30.3 Å². The minimum absolute atomic E-state index is 0.113. The summed E-state index contributed by atoms with van der Waals surface area (Å²) in [7, 11) is -4.56. The van der Waals surface area contributed by atoms with Crippen LogP contribution in [0.5, 0.6) is 11.5 Å². The van der Waals surface area contributed by atoms with Crippen molar-refractivity contribution in [3.8, 4) is 11.5 Å². The third-order valence-corrected chi connectivity index (χ3v) is 5.27. The summed E-state index contributed by atoms with van der Waals surface area (Å²) in [6.07, 6.45) is 0. The highest BCUT2D eigenvalue weighted by atomic mass is 32.2. The molecule has 0 aliphatic rings. The van der Waals surface area contributed by atoms with E-state index < -0.39 is 15.0 Å². The van der Waals surface area contributed by atoms with Crippen LogP contribution >= 0.6 is 0 Å². The number of fused-ring (bicyclic) bond motifs is 2. The van der Waals surface area contributed by atoms with E-state index in [0.29, 0.717) is 5.39 Å². The fraction of sp³-hybridized carbons (Fsp3) is 0. The van der Waals surface area contributed by atoms with Gasteiger partial charge in [-0.1, -0.05) is 54.6 Å². The molecule has 0 aliphatic heterocycles. The van der Waals surface area contributed by atoms with E-state index in [4.69, 9.17) is 0 Å². The van der Waals surface area contributed by atoms with E-state index in [9.17, 15) is 23.2 Å². The van der Waals surface area contributed by atoms with Crippen molar-refractivity contribution in [1.29, 1.82) is 0 Å². The molecule has 28 heavy (non-hydrogen) atoms. The molecular weight excluding hydrogens is 380 g/mol. The number of hydrogen-bond acceptors (Lipinski definition) is 6. The Labute approximate surface area is 160 Å². The number of hydrogen-bond donors (Lipinski definition) is 3. The molecule has 0 heterocycles. The number of aromatic hydroxyl groups is 2. The Morgan fingerprint density at radius 2 is 1.39 bits per heavy atom. The first-order valence-electron chi connectivity index (χ1n) is 8.21. The molecule has 0 unspecified atom stereocenters. The van der Waals surface area contributed by atoms with Gasteiger partial charge in [0, 0.05) is 16.2 Å². The van der Waals surface area contributed by atoms with Crippen LogP contribution in [0.2, 0.25) is 0 Å². The van der Waals surface area contributed by atoms with Crippen LogP contribution in [0.25, 0.3) is 21.5 Å². The van der Waals surface area contributed by atoms with Crippen LogP contribution in [0, 0.1) is 0 Å². The van der Waals surface area contributed by atoms with Gasteiger partial charge in [-0.05, 0) is 17.5 Å². The van der Waals surface area contributed by atoms with Crippen LogP contribution in [-0.2, 0) is 10.1 Å². The number of benzene rings is 4. The largest absolute Gasteiger partial charge is 0.506 e. The first-order valence-corrected chi connectivity index (χ1v) is 9.65. The van der Waals surface area contributed by atoms with Crippen LogP contribution in [0.15, 0.2) is 81.9 Å². The molecule has 0 radical (unpaired) electrons. The SMILES string of the molecule is O=S(=O)(O)c1cc(N=Nc2c(O)ccc3ccccc23)c(O)c2ccccc12.